The molecule has 0 bridgehead atoms. The molecule has 3 aromatic rings. The summed E-state index contributed by atoms with van der Waals surface area (Å²) >= 11 is 0. The molecule has 0 spiro atoms. The highest BCUT2D eigenvalue weighted by Gasteiger charge is 2.29. The normalized spacial score (nSPS) is 12.9. The van der Waals surface area contributed by atoms with Gasteiger partial charge in [0, 0.05) is 5.92 Å². The number of esters is 1. The van der Waals surface area contributed by atoms with Crippen LogP contribution in [0.5, 0.6) is 11.5 Å². The smallest absolute Gasteiger partial charge is 0.407 e. The molecule has 0 saturated carbocycles. The van der Waals surface area contributed by atoms with E-state index in [0.717, 1.165) is 22.3 Å². The molecule has 40 heavy (non-hydrogen) atoms. The van der Waals surface area contributed by atoms with Gasteiger partial charge in [-0.2, -0.15) is 0 Å². The lowest BCUT2D eigenvalue weighted by Gasteiger charge is -2.19. The van der Waals surface area contributed by atoms with Gasteiger partial charge in [-0.25, -0.2) is 14.4 Å². The SMILES string of the molecule is C[C@@H](NC(=O)OCC1c2ccccc2-c2ccccc21)C(=O)Oc1ccc(OCCNC(=O)OC(C)(C)C)cc1. The second-order valence-electron chi connectivity index (χ2n) is 10.4. The van der Waals surface area contributed by atoms with Crippen LogP contribution >= 0.6 is 0 Å². The quantitative estimate of drug-likeness (QED) is 0.209. The third kappa shape index (κ3) is 7.53. The minimum absolute atomic E-state index is 0.0748. The summed E-state index contributed by atoms with van der Waals surface area (Å²) in [7, 11) is 0. The maximum Gasteiger partial charge on any atom is 0.407 e. The number of benzene rings is 3. The van der Waals surface area contributed by atoms with Crippen molar-refractivity contribution in [2.45, 2.75) is 45.3 Å². The number of ether oxygens (including phenoxy) is 4. The topological polar surface area (TPSA) is 112 Å². The minimum atomic E-state index is -0.925. The van der Waals surface area contributed by atoms with Gasteiger partial charge in [0.1, 0.15) is 36.4 Å². The van der Waals surface area contributed by atoms with Crippen molar-refractivity contribution >= 4 is 18.2 Å². The molecular formula is C31H34N2O7. The van der Waals surface area contributed by atoms with E-state index in [4.69, 9.17) is 18.9 Å². The van der Waals surface area contributed by atoms with Crippen molar-refractivity contribution in [1.29, 1.82) is 0 Å². The Kier molecular flexibility index (Phi) is 8.93. The van der Waals surface area contributed by atoms with Gasteiger partial charge in [0.2, 0.25) is 0 Å². The fraction of sp³-hybridized carbons (Fsp3) is 0.323. The molecule has 2 N–H and O–H groups in total. The van der Waals surface area contributed by atoms with Crippen LogP contribution in [0.25, 0.3) is 11.1 Å². The van der Waals surface area contributed by atoms with Crippen molar-refractivity contribution in [3.05, 3.63) is 83.9 Å². The molecule has 4 rings (SSSR count). The maximum absolute atomic E-state index is 12.5. The Bertz CT molecular complexity index is 1300. The molecule has 210 valence electrons. The van der Waals surface area contributed by atoms with Gasteiger partial charge in [-0.3, -0.25) is 0 Å². The Balaban J connectivity index is 1.20. The lowest BCUT2D eigenvalue weighted by molar-refractivity contribution is -0.136. The minimum Gasteiger partial charge on any atom is -0.492 e. The van der Waals surface area contributed by atoms with E-state index >= 15 is 0 Å². The summed E-state index contributed by atoms with van der Waals surface area (Å²) in [6.07, 6.45) is -1.21. The average molecular weight is 547 g/mol. The molecule has 0 aliphatic heterocycles. The first kappa shape index (κ1) is 28.5. The number of carbonyl (C=O) groups is 3. The largest absolute Gasteiger partial charge is 0.492 e. The van der Waals surface area contributed by atoms with Gasteiger partial charge in [-0.05, 0) is 74.2 Å². The number of amides is 2. The molecular weight excluding hydrogens is 512 g/mol. The van der Waals surface area contributed by atoms with Crippen LogP contribution in [0.15, 0.2) is 72.8 Å². The summed E-state index contributed by atoms with van der Waals surface area (Å²) in [5.41, 5.74) is 3.92. The summed E-state index contributed by atoms with van der Waals surface area (Å²) in [6.45, 7) is 7.54. The molecule has 9 heteroatoms. The van der Waals surface area contributed by atoms with E-state index in [1.165, 1.54) is 6.92 Å². The van der Waals surface area contributed by atoms with Crippen LogP contribution in [0.3, 0.4) is 0 Å². The molecule has 0 fully saturated rings. The third-order valence-corrected chi connectivity index (χ3v) is 6.11. The van der Waals surface area contributed by atoms with Crippen LogP contribution in [-0.2, 0) is 14.3 Å². The third-order valence-electron chi connectivity index (χ3n) is 6.11. The molecule has 1 aliphatic rings. The van der Waals surface area contributed by atoms with Gasteiger partial charge in [-0.15, -0.1) is 0 Å². The number of nitrogens with one attached hydrogen (secondary N) is 2. The second-order valence-corrected chi connectivity index (χ2v) is 10.4. The first-order valence-corrected chi connectivity index (χ1v) is 13.1. The zero-order valence-electron chi connectivity index (χ0n) is 23.1. The second kappa shape index (κ2) is 12.5. The van der Waals surface area contributed by atoms with Crippen molar-refractivity contribution in [3.63, 3.8) is 0 Å². The molecule has 0 saturated heterocycles. The van der Waals surface area contributed by atoms with Gasteiger partial charge in [-0.1, -0.05) is 48.5 Å². The monoisotopic (exact) mass is 546 g/mol. The van der Waals surface area contributed by atoms with Crippen molar-refractivity contribution in [2.75, 3.05) is 19.8 Å². The molecule has 2 amide bonds. The van der Waals surface area contributed by atoms with Crippen LogP contribution in [0.4, 0.5) is 9.59 Å². The van der Waals surface area contributed by atoms with Crippen LogP contribution in [0.1, 0.15) is 44.7 Å². The Morgan fingerprint density at radius 3 is 2.00 bits per heavy atom. The maximum atomic E-state index is 12.5. The van der Waals surface area contributed by atoms with Crippen LogP contribution in [0.2, 0.25) is 0 Å². The molecule has 9 nitrogen and oxygen atoms in total. The van der Waals surface area contributed by atoms with E-state index in [0.29, 0.717) is 11.5 Å². The van der Waals surface area contributed by atoms with Gasteiger partial charge in [0.05, 0.1) is 6.54 Å². The molecule has 0 unspecified atom stereocenters. The lowest BCUT2D eigenvalue weighted by Crippen LogP contribution is -2.41. The van der Waals surface area contributed by atoms with E-state index in [9.17, 15) is 14.4 Å². The number of fused-ring (bicyclic) bond motifs is 3. The van der Waals surface area contributed by atoms with E-state index in [1.807, 2.05) is 36.4 Å². The summed E-state index contributed by atoms with van der Waals surface area (Å²) in [4.78, 5) is 36.7. The summed E-state index contributed by atoms with van der Waals surface area (Å²) < 4.78 is 21.6. The standard InChI is InChI=1S/C31H34N2O7/c1-20(28(34)39-22-15-13-21(14-16-22)37-18-17-32-29(35)40-31(2,3)4)33-30(36)38-19-27-25-11-7-5-9-23(25)24-10-6-8-12-26(24)27/h5-16,20,27H,17-19H2,1-4H3,(H,32,35)(H,33,36)/t20-/m1/s1. The van der Waals surface area contributed by atoms with Gasteiger partial charge in [0.15, 0.2) is 0 Å². The highest BCUT2D eigenvalue weighted by molar-refractivity contribution is 5.83. The van der Waals surface area contributed by atoms with E-state index in [1.54, 1.807) is 45.0 Å². The highest BCUT2D eigenvalue weighted by atomic mass is 16.6. The highest BCUT2D eigenvalue weighted by Crippen LogP contribution is 2.44. The number of rotatable bonds is 9. The lowest BCUT2D eigenvalue weighted by atomic mass is 9.98. The van der Waals surface area contributed by atoms with E-state index in [2.05, 4.69) is 22.8 Å². The molecule has 0 aromatic heterocycles. The first-order chi connectivity index (χ1) is 19.1. The Labute approximate surface area is 233 Å². The predicted molar refractivity (Wildman–Crippen MR) is 149 cm³/mol. The summed E-state index contributed by atoms with van der Waals surface area (Å²) in [5, 5.41) is 5.14. The van der Waals surface area contributed by atoms with Crippen LogP contribution in [0, 0.1) is 0 Å². The number of carbonyl (C=O) groups excluding carboxylic acids is 3. The van der Waals surface area contributed by atoms with Crippen molar-refractivity contribution in [2.24, 2.45) is 0 Å². The van der Waals surface area contributed by atoms with Crippen molar-refractivity contribution < 1.29 is 33.3 Å². The first-order valence-electron chi connectivity index (χ1n) is 13.1. The van der Waals surface area contributed by atoms with Gasteiger partial charge in [0.25, 0.3) is 0 Å². The van der Waals surface area contributed by atoms with Gasteiger partial charge < -0.3 is 29.6 Å². The Morgan fingerprint density at radius 1 is 0.825 bits per heavy atom. The average Bonchev–Trinajstić information content (AvgIpc) is 3.23. The number of hydrogen-bond donors (Lipinski definition) is 2. The molecule has 0 radical (unpaired) electrons. The zero-order valence-corrected chi connectivity index (χ0v) is 23.1. The Hall–Kier alpha value is -4.53. The van der Waals surface area contributed by atoms with Crippen molar-refractivity contribution in [1.82, 2.24) is 10.6 Å². The molecule has 1 aliphatic carbocycles. The Morgan fingerprint density at radius 2 is 1.40 bits per heavy atom. The van der Waals surface area contributed by atoms with Gasteiger partial charge >= 0.3 is 18.2 Å². The number of hydrogen-bond acceptors (Lipinski definition) is 7. The molecule has 1 atom stereocenters. The molecule has 0 heterocycles. The molecule has 3 aromatic carbocycles. The zero-order chi connectivity index (χ0) is 28.7. The van der Waals surface area contributed by atoms with Crippen LogP contribution in [-0.4, -0.2) is 49.6 Å². The number of alkyl carbamates (subject to hydrolysis) is 2. The van der Waals surface area contributed by atoms with E-state index in [-0.39, 0.29) is 25.7 Å². The summed E-state index contributed by atoms with van der Waals surface area (Å²) in [5.74, 6) is 0.124. The fourth-order valence-electron chi connectivity index (χ4n) is 4.32. The van der Waals surface area contributed by atoms with E-state index < -0.39 is 29.8 Å². The fourth-order valence-corrected chi connectivity index (χ4v) is 4.32. The van der Waals surface area contributed by atoms with Crippen molar-refractivity contribution in [3.8, 4) is 22.6 Å². The van der Waals surface area contributed by atoms with Crippen LogP contribution < -0.4 is 20.1 Å². The predicted octanol–water partition coefficient (Wildman–Crippen LogP) is 5.42. The summed E-state index contributed by atoms with van der Waals surface area (Å²) in [6, 6.07) is 21.6.